The summed E-state index contributed by atoms with van der Waals surface area (Å²) in [6, 6.07) is 1.78. The van der Waals surface area contributed by atoms with E-state index < -0.39 is 0 Å². The molecule has 0 amide bonds. The van der Waals surface area contributed by atoms with Crippen molar-refractivity contribution in [2.75, 3.05) is 0 Å². The summed E-state index contributed by atoms with van der Waals surface area (Å²) < 4.78 is 14.4. The lowest BCUT2D eigenvalue weighted by Gasteiger charge is -2.15. The Morgan fingerprint density at radius 3 is 2.14 bits per heavy atom. The van der Waals surface area contributed by atoms with Gasteiger partial charge in [0.05, 0.1) is 0 Å². The van der Waals surface area contributed by atoms with Crippen LogP contribution in [0.5, 0.6) is 5.75 Å². The Morgan fingerprint density at radius 1 is 1.10 bits per heavy atom. The first-order valence-electron chi connectivity index (χ1n) is 8.27. The Morgan fingerprint density at radius 2 is 1.62 bits per heavy atom. The van der Waals surface area contributed by atoms with Gasteiger partial charge in [-0.25, -0.2) is 4.39 Å². The van der Waals surface area contributed by atoms with E-state index in [0.717, 1.165) is 42.7 Å². The van der Waals surface area contributed by atoms with E-state index >= 15 is 0 Å². The summed E-state index contributed by atoms with van der Waals surface area (Å²) in [6.45, 7) is 12.6. The Kier molecular flexibility index (Phi) is 6.70. The molecule has 0 heterocycles. The fourth-order valence-corrected chi connectivity index (χ4v) is 2.73. The van der Waals surface area contributed by atoms with Crippen LogP contribution in [0, 0.1) is 17.7 Å². The maximum atomic E-state index is 14.4. The van der Waals surface area contributed by atoms with Crippen LogP contribution in [0.3, 0.4) is 0 Å². The number of aromatic hydroxyl groups is 1. The fourth-order valence-electron chi connectivity index (χ4n) is 2.73. The zero-order chi connectivity index (χ0) is 16.2. The van der Waals surface area contributed by atoms with Gasteiger partial charge < -0.3 is 5.11 Å². The molecule has 0 saturated carbocycles. The maximum Gasteiger partial charge on any atom is 0.133 e. The van der Waals surface area contributed by atoms with E-state index in [2.05, 4.69) is 27.7 Å². The summed E-state index contributed by atoms with van der Waals surface area (Å²) in [6.07, 6.45) is 3.83. The van der Waals surface area contributed by atoms with E-state index in [9.17, 15) is 9.50 Å². The molecule has 0 saturated heterocycles. The second-order valence-corrected chi connectivity index (χ2v) is 7.33. The molecule has 0 radical (unpaired) electrons. The van der Waals surface area contributed by atoms with Gasteiger partial charge in [0.1, 0.15) is 11.6 Å². The van der Waals surface area contributed by atoms with Gasteiger partial charge in [0, 0.05) is 5.56 Å². The smallest absolute Gasteiger partial charge is 0.133 e. The van der Waals surface area contributed by atoms with Crippen molar-refractivity contribution in [1.29, 1.82) is 0 Å². The second-order valence-electron chi connectivity index (χ2n) is 7.33. The number of phenols is 1. The molecule has 21 heavy (non-hydrogen) atoms. The van der Waals surface area contributed by atoms with Crippen molar-refractivity contribution in [3.05, 3.63) is 28.6 Å². The third-order valence-corrected chi connectivity index (χ3v) is 3.85. The minimum atomic E-state index is -0.163. The number of halogens is 1. The van der Waals surface area contributed by atoms with Crippen LogP contribution in [0.4, 0.5) is 4.39 Å². The summed E-state index contributed by atoms with van der Waals surface area (Å²) in [5, 5.41) is 9.94. The fraction of sp³-hybridized carbons (Fsp3) is 0.684. The Labute approximate surface area is 129 Å². The first-order chi connectivity index (χ1) is 9.73. The average molecular weight is 294 g/mol. The number of phenolic OH excluding ortho intramolecular Hbond substituents is 1. The highest BCUT2D eigenvalue weighted by Crippen LogP contribution is 2.36. The molecule has 1 aliphatic rings. The molecule has 1 unspecified atom stereocenters. The second kappa shape index (κ2) is 7.82. The summed E-state index contributed by atoms with van der Waals surface area (Å²) in [4.78, 5) is 0. The zero-order valence-corrected chi connectivity index (χ0v) is 14.5. The molecule has 0 bridgehead atoms. The van der Waals surface area contributed by atoms with E-state index in [1.165, 1.54) is 0 Å². The molecule has 0 aromatic heterocycles. The van der Waals surface area contributed by atoms with Gasteiger partial charge >= 0.3 is 0 Å². The number of fused-ring (bicyclic) bond motifs is 1. The minimum Gasteiger partial charge on any atom is -0.508 e. The summed E-state index contributed by atoms with van der Waals surface area (Å²) >= 11 is 0. The molecule has 1 aliphatic carbocycles. The van der Waals surface area contributed by atoms with Gasteiger partial charge in [-0.15, -0.1) is 0 Å². The van der Waals surface area contributed by atoms with Crippen LogP contribution in [0.25, 0.3) is 0 Å². The van der Waals surface area contributed by atoms with Crippen LogP contribution in [0.2, 0.25) is 0 Å². The Hall–Kier alpha value is -1.05. The van der Waals surface area contributed by atoms with E-state index in [4.69, 9.17) is 0 Å². The lowest BCUT2D eigenvalue weighted by Crippen LogP contribution is -2.03. The topological polar surface area (TPSA) is 20.2 Å². The van der Waals surface area contributed by atoms with Crippen molar-refractivity contribution < 1.29 is 9.50 Å². The summed E-state index contributed by atoms with van der Waals surface area (Å²) in [7, 11) is 0. The molecule has 0 spiro atoms. The highest BCUT2D eigenvalue weighted by molar-refractivity contribution is 5.45. The quantitative estimate of drug-likeness (QED) is 0.646. The van der Waals surface area contributed by atoms with Crippen molar-refractivity contribution in [2.24, 2.45) is 11.8 Å². The van der Waals surface area contributed by atoms with Crippen molar-refractivity contribution in [3.63, 3.8) is 0 Å². The molecule has 0 aliphatic heterocycles. The molecule has 2 rings (SSSR count). The molecule has 1 nitrogen and oxygen atoms in total. The largest absolute Gasteiger partial charge is 0.508 e. The minimum absolute atomic E-state index is 0.0287. The number of benzene rings is 1. The standard InChI is InChI=1S/C15H21FO.C4H10/c1-9(2)14-13(17)8-11-6-4-10(3)5-7-12(11)15(14)16;1-4(2)3/h8-10,17H,4-7H2,1-3H3;4H,1-3H3. The lowest BCUT2D eigenvalue weighted by molar-refractivity contribution is 0.450. The number of hydrogen-bond acceptors (Lipinski definition) is 1. The lowest BCUT2D eigenvalue weighted by atomic mass is 9.93. The monoisotopic (exact) mass is 294 g/mol. The third-order valence-electron chi connectivity index (χ3n) is 3.85. The Bertz CT molecular complexity index is 460. The van der Waals surface area contributed by atoms with Crippen LogP contribution >= 0.6 is 0 Å². The van der Waals surface area contributed by atoms with Crippen LogP contribution in [-0.2, 0) is 12.8 Å². The van der Waals surface area contributed by atoms with Crippen molar-refractivity contribution in [1.82, 2.24) is 0 Å². The van der Waals surface area contributed by atoms with Crippen molar-refractivity contribution in [3.8, 4) is 5.75 Å². The first-order valence-corrected chi connectivity index (χ1v) is 8.27. The van der Waals surface area contributed by atoms with Crippen molar-refractivity contribution >= 4 is 0 Å². The molecule has 1 atom stereocenters. The molecule has 1 N–H and O–H groups in total. The normalized spacial score (nSPS) is 18.0. The first kappa shape index (κ1) is 18.0. The number of hydrogen-bond donors (Lipinski definition) is 1. The van der Waals surface area contributed by atoms with Gasteiger partial charge in [0.2, 0.25) is 0 Å². The van der Waals surface area contributed by atoms with Crippen molar-refractivity contribution in [2.45, 2.75) is 73.1 Å². The SMILES string of the molecule is CC(C)C.CC1CCc2cc(O)c(C(C)C)c(F)c2CC1. The molecular formula is C19H31FO. The highest BCUT2D eigenvalue weighted by atomic mass is 19.1. The van der Waals surface area contributed by atoms with E-state index in [0.29, 0.717) is 11.5 Å². The van der Waals surface area contributed by atoms with Gasteiger partial charge in [0.15, 0.2) is 0 Å². The maximum absolute atomic E-state index is 14.4. The number of aryl methyl sites for hydroxylation is 1. The van der Waals surface area contributed by atoms with Gasteiger partial charge in [-0.2, -0.15) is 0 Å². The summed E-state index contributed by atoms with van der Waals surface area (Å²) in [5.41, 5.74) is 2.34. The third kappa shape index (κ3) is 5.01. The predicted molar refractivity (Wildman–Crippen MR) is 88.5 cm³/mol. The van der Waals surface area contributed by atoms with Gasteiger partial charge in [-0.3, -0.25) is 0 Å². The van der Waals surface area contributed by atoms with Gasteiger partial charge in [-0.05, 0) is 60.6 Å². The molecular weight excluding hydrogens is 263 g/mol. The van der Waals surface area contributed by atoms with Gasteiger partial charge in [-0.1, -0.05) is 41.5 Å². The van der Waals surface area contributed by atoms with E-state index in [1.54, 1.807) is 6.07 Å². The molecule has 120 valence electrons. The van der Waals surface area contributed by atoms with Crippen LogP contribution < -0.4 is 0 Å². The van der Waals surface area contributed by atoms with Crippen LogP contribution in [-0.4, -0.2) is 5.11 Å². The Balaban J connectivity index is 0.000000491. The van der Waals surface area contributed by atoms with E-state index in [1.807, 2.05) is 13.8 Å². The predicted octanol–water partition coefficient (Wildman–Crippen LogP) is 5.83. The average Bonchev–Trinajstić information content (AvgIpc) is 2.51. The van der Waals surface area contributed by atoms with Crippen LogP contribution in [0.1, 0.15) is 77.0 Å². The summed E-state index contributed by atoms with van der Waals surface area (Å²) in [5.74, 6) is 1.47. The molecule has 1 aromatic rings. The zero-order valence-electron chi connectivity index (χ0n) is 14.5. The van der Waals surface area contributed by atoms with Gasteiger partial charge in [0.25, 0.3) is 0 Å². The molecule has 0 fully saturated rings. The molecule has 1 aromatic carbocycles. The van der Waals surface area contributed by atoms with E-state index in [-0.39, 0.29) is 17.5 Å². The highest BCUT2D eigenvalue weighted by Gasteiger charge is 2.22. The number of rotatable bonds is 1. The molecule has 2 heteroatoms. The van der Waals surface area contributed by atoms with Crippen LogP contribution in [0.15, 0.2) is 6.07 Å².